The van der Waals surface area contributed by atoms with Crippen LogP contribution >= 0.6 is 11.3 Å². The van der Waals surface area contributed by atoms with Gasteiger partial charge in [-0.3, -0.25) is 0 Å². The van der Waals surface area contributed by atoms with Gasteiger partial charge in [0.15, 0.2) is 0 Å². The van der Waals surface area contributed by atoms with Gasteiger partial charge >= 0.3 is 0 Å². The van der Waals surface area contributed by atoms with Gasteiger partial charge in [-0.1, -0.05) is 12.1 Å². The van der Waals surface area contributed by atoms with E-state index in [9.17, 15) is 0 Å². The normalized spacial score (nSPS) is 10.7. The highest BCUT2D eigenvalue weighted by Gasteiger charge is 2.11. The number of rotatable bonds is 2. The third-order valence-electron chi connectivity index (χ3n) is 2.72. The van der Waals surface area contributed by atoms with Crippen LogP contribution < -0.4 is 11.5 Å². The lowest BCUT2D eigenvalue weighted by Gasteiger charge is -2.00. The maximum Gasteiger partial charge on any atom is 0.143 e. The Bertz CT molecular complexity index is 671. The molecule has 90 valence electrons. The van der Waals surface area contributed by atoms with Crippen LogP contribution in [0.2, 0.25) is 0 Å². The van der Waals surface area contributed by atoms with Gasteiger partial charge in [0, 0.05) is 11.3 Å². The summed E-state index contributed by atoms with van der Waals surface area (Å²) in [6.45, 7) is 0. The van der Waals surface area contributed by atoms with Crippen LogP contribution in [0.25, 0.3) is 21.8 Å². The highest BCUT2D eigenvalue weighted by atomic mass is 32.1. The van der Waals surface area contributed by atoms with E-state index in [1.54, 1.807) is 6.26 Å². The summed E-state index contributed by atoms with van der Waals surface area (Å²) < 4.78 is 5.38. The van der Waals surface area contributed by atoms with Crippen LogP contribution in [0.1, 0.15) is 0 Å². The fourth-order valence-electron chi connectivity index (χ4n) is 1.88. The van der Waals surface area contributed by atoms with Gasteiger partial charge in [0.05, 0.1) is 16.1 Å². The van der Waals surface area contributed by atoms with E-state index in [1.807, 2.05) is 42.5 Å². The number of furan rings is 1. The lowest BCUT2D eigenvalue weighted by atomic mass is 10.1. The van der Waals surface area contributed by atoms with Crippen molar-refractivity contribution in [1.82, 2.24) is 0 Å². The van der Waals surface area contributed by atoms with E-state index in [0.717, 1.165) is 32.5 Å². The smallest absolute Gasteiger partial charge is 0.143 e. The first-order valence-corrected chi connectivity index (χ1v) is 6.35. The Morgan fingerprint density at radius 2 is 1.89 bits per heavy atom. The zero-order valence-electron chi connectivity index (χ0n) is 9.59. The number of nitrogens with two attached hydrogens (primary N) is 2. The second-order valence-electron chi connectivity index (χ2n) is 3.99. The molecule has 2 heterocycles. The quantitative estimate of drug-likeness (QED) is 0.685. The molecular formula is C14H12N2OS. The van der Waals surface area contributed by atoms with Crippen molar-refractivity contribution in [2.75, 3.05) is 11.5 Å². The molecule has 0 aliphatic heterocycles. The molecule has 4 N–H and O–H groups in total. The zero-order chi connectivity index (χ0) is 12.5. The Hall–Kier alpha value is -2.20. The molecular weight excluding hydrogens is 244 g/mol. The topological polar surface area (TPSA) is 65.2 Å². The maximum absolute atomic E-state index is 6.07. The van der Waals surface area contributed by atoms with Crippen LogP contribution in [0.3, 0.4) is 0 Å². The lowest BCUT2D eigenvalue weighted by molar-refractivity contribution is 0.584. The molecule has 0 amide bonds. The average molecular weight is 256 g/mol. The molecule has 0 saturated heterocycles. The second kappa shape index (κ2) is 4.23. The summed E-state index contributed by atoms with van der Waals surface area (Å²) in [6, 6.07) is 13.5. The lowest BCUT2D eigenvalue weighted by Crippen LogP contribution is -1.86. The van der Waals surface area contributed by atoms with Crippen molar-refractivity contribution in [3.05, 3.63) is 48.7 Å². The van der Waals surface area contributed by atoms with Crippen LogP contribution in [0.5, 0.6) is 0 Å². The summed E-state index contributed by atoms with van der Waals surface area (Å²) in [7, 11) is 0. The fourth-order valence-corrected chi connectivity index (χ4v) is 2.79. The standard InChI is InChI=1S/C14H12N2OS/c15-10-4-1-3-9(7-10)11-8-13(18-14(11)16)12-5-2-6-17-12/h1-8H,15-16H2. The third kappa shape index (κ3) is 1.87. The summed E-state index contributed by atoms with van der Waals surface area (Å²) in [5.41, 5.74) is 14.6. The molecule has 3 aromatic rings. The first-order chi connectivity index (χ1) is 8.74. The Balaban J connectivity index is 2.09. The van der Waals surface area contributed by atoms with Crippen molar-refractivity contribution in [3.8, 4) is 21.8 Å². The van der Waals surface area contributed by atoms with Gasteiger partial charge in [-0.25, -0.2) is 0 Å². The van der Waals surface area contributed by atoms with Gasteiger partial charge in [-0.15, -0.1) is 11.3 Å². The Labute approximate surface area is 109 Å². The Morgan fingerprint density at radius 3 is 2.61 bits per heavy atom. The number of anilines is 2. The number of hydrogen-bond acceptors (Lipinski definition) is 4. The molecule has 3 rings (SSSR count). The predicted octanol–water partition coefficient (Wildman–Crippen LogP) is 3.84. The molecule has 0 unspecified atom stereocenters. The number of thiophene rings is 1. The van der Waals surface area contributed by atoms with E-state index in [4.69, 9.17) is 15.9 Å². The Morgan fingerprint density at radius 1 is 1.00 bits per heavy atom. The van der Waals surface area contributed by atoms with Gasteiger partial charge in [0.2, 0.25) is 0 Å². The van der Waals surface area contributed by atoms with E-state index < -0.39 is 0 Å². The van der Waals surface area contributed by atoms with Crippen molar-refractivity contribution in [2.24, 2.45) is 0 Å². The molecule has 0 bridgehead atoms. The van der Waals surface area contributed by atoms with E-state index in [2.05, 4.69) is 0 Å². The average Bonchev–Trinajstić information content (AvgIpc) is 2.97. The largest absolute Gasteiger partial charge is 0.464 e. The molecule has 18 heavy (non-hydrogen) atoms. The minimum Gasteiger partial charge on any atom is -0.464 e. The minimum atomic E-state index is 0.734. The summed E-state index contributed by atoms with van der Waals surface area (Å²) >= 11 is 1.52. The van der Waals surface area contributed by atoms with E-state index in [-0.39, 0.29) is 0 Å². The van der Waals surface area contributed by atoms with Gasteiger partial charge in [-0.05, 0) is 35.9 Å². The molecule has 0 atom stereocenters. The molecule has 0 saturated carbocycles. The summed E-state index contributed by atoms with van der Waals surface area (Å²) in [5.74, 6) is 0.835. The van der Waals surface area contributed by atoms with Crippen LogP contribution in [0.15, 0.2) is 53.1 Å². The van der Waals surface area contributed by atoms with Gasteiger partial charge in [0.25, 0.3) is 0 Å². The minimum absolute atomic E-state index is 0.734. The highest BCUT2D eigenvalue weighted by molar-refractivity contribution is 7.19. The summed E-state index contributed by atoms with van der Waals surface area (Å²) in [5, 5.41) is 0.770. The molecule has 0 aliphatic rings. The van der Waals surface area contributed by atoms with Crippen molar-refractivity contribution < 1.29 is 4.42 Å². The summed E-state index contributed by atoms with van der Waals surface area (Å²) in [4.78, 5) is 1.02. The molecule has 1 aromatic carbocycles. The van der Waals surface area contributed by atoms with Gasteiger partial charge in [0.1, 0.15) is 5.76 Å². The van der Waals surface area contributed by atoms with E-state index in [1.165, 1.54) is 11.3 Å². The molecule has 0 radical (unpaired) electrons. The fraction of sp³-hybridized carbons (Fsp3) is 0. The summed E-state index contributed by atoms with van der Waals surface area (Å²) in [6.07, 6.45) is 1.66. The van der Waals surface area contributed by atoms with Crippen LogP contribution in [0, 0.1) is 0 Å². The second-order valence-corrected chi connectivity index (χ2v) is 5.08. The van der Waals surface area contributed by atoms with E-state index in [0.29, 0.717) is 0 Å². The molecule has 0 aliphatic carbocycles. The number of hydrogen-bond donors (Lipinski definition) is 2. The van der Waals surface area contributed by atoms with Gasteiger partial charge < -0.3 is 15.9 Å². The van der Waals surface area contributed by atoms with Crippen molar-refractivity contribution in [3.63, 3.8) is 0 Å². The molecule has 0 fully saturated rings. The first-order valence-electron chi connectivity index (χ1n) is 5.53. The van der Waals surface area contributed by atoms with Crippen LogP contribution in [0.4, 0.5) is 10.7 Å². The monoisotopic (exact) mass is 256 g/mol. The van der Waals surface area contributed by atoms with Crippen molar-refractivity contribution in [1.29, 1.82) is 0 Å². The third-order valence-corrected chi connectivity index (χ3v) is 3.70. The molecule has 2 aromatic heterocycles. The van der Waals surface area contributed by atoms with Crippen molar-refractivity contribution >= 4 is 22.0 Å². The maximum atomic E-state index is 6.07. The van der Waals surface area contributed by atoms with E-state index >= 15 is 0 Å². The predicted molar refractivity (Wildman–Crippen MR) is 76.3 cm³/mol. The van der Waals surface area contributed by atoms with Gasteiger partial charge in [-0.2, -0.15) is 0 Å². The number of benzene rings is 1. The number of nitrogen functional groups attached to an aromatic ring is 2. The highest BCUT2D eigenvalue weighted by Crippen LogP contribution is 2.39. The molecule has 3 nitrogen and oxygen atoms in total. The van der Waals surface area contributed by atoms with Crippen LogP contribution in [-0.4, -0.2) is 0 Å². The SMILES string of the molecule is Nc1cccc(-c2cc(-c3ccco3)sc2N)c1. The van der Waals surface area contributed by atoms with Crippen molar-refractivity contribution in [2.45, 2.75) is 0 Å². The molecule has 0 spiro atoms. The Kier molecular flexibility index (Phi) is 2.57. The zero-order valence-corrected chi connectivity index (χ0v) is 10.4. The first kappa shape index (κ1) is 10.9. The van der Waals surface area contributed by atoms with Crippen LogP contribution in [-0.2, 0) is 0 Å². The molecule has 4 heteroatoms.